The van der Waals surface area contributed by atoms with Crippen molar-refractivity contribution in [3.05, 3.63) is 69.8 Å². The molecule has 0 bridgehead atoms. The second-order valence-electron chi connectivity index (χ2n) is 5.46. The SMILES string of the molecule is CCOC(=O)C(Sc1ccccc1)c1cc([N+](=O)[O-])ccc1CC(=O)OC. The molecule has 0 spiro atoms. The summed E-state index contributed by atoms with van der Waals surface area (Å²) in [5.74, 6) is -1.03. The minimum atomic E-state index is -0.855. The summed E-state index contributed by atoms with van der Waals surface area (Å²) in [4.78, 5) is 35.8. The number of rotatable bonds is 8. The molecule has 2 aromatic rings. The van der Waals surface area contributed by atoms with E-state index in [4.69, 9.17) is 9.47 Å². The van der Waals surface area contributed by atoms with Gasteiger partial charge in [0.05, 0.1) is 25.1 Å². The number of methoxy groups -OCH3 is 1. The molecule has 0 aliphatic carbocycles. The number of nitro benzene ring substituents is 1. The molecule has 0 amide bonds. The van der Waals surface area contributed by atoms with Crippen molar-refractivity contribution < 1.29 is 24.0 Å². The zero-order valence-electron chi connectivity index (χ0n) is 14.9. The Balaban J connectivity index is 2.52. The predicted molar refractivity (Wildman–Crippen MR) is 100 cm³/mol. The Morgan fingerprint density at radius 1 is 1.19 bits per heavy atom. The van der Waals surface area contributed by atoms with Gasteiger partial charge >= 0.3 is 11.9 Å². The van der Waals surface area contributed by atoms with Crippen molar-refractivity contribution in [2.75, 3.05) is 13.7 Å². The van der Waals surface area contributed by atoms with E-state index in [2.05, 4.69) is 0 Å². The quantitative estimate of drug-likeness (QED) is 0.294. The second kappa shape index (κ2) is 9.72. The van der Waals surface area contributed by atoms with Gasteiger partial charge in [0.15, 0.2) is 0 Å². The molecule has 0 aliphatic heterocycles. The summed E-state index contributed by atoms with van der Waals surface area (Å²) in [6, 6.07) is 13.2. The van der Waals surface area contributed by atoms with Gasteiger partial charge in [-0.1, -0.05) is 24.3 Å². The van der Waals surface area contributed by atoms with E-state index in [-0.39, 0.29) is 18.7 Å². The number of carbonyl (C=O) groups is 2. The smallest absolute Gasteiger partial charge is 0.323 e. The Kier molecular flexibility index (Phi) is 7.36. The van der Waals surface area contributed by atoms with E-state index >= 15 is 0 Å². The first-order valence-corrected chi connectivity index (χ1v) is 9.06. The molecule has 0 N–H and O–H groups in total. The first-order chi connectivity index (χ1) is 13.0. The number of non-ortho nitro benzene ring substituents is 1. The average molecular weight is 389 g/mol. The third kappa shape index (κ3) is 5.55. The van der Waals surface area contributed by atoms with Gasteiger partial charge in [-0.25, -0.2) is 0 Å². The first kappa shape index (κ1) is 20.4. The highest BCUT2D eigenvalue weighted by Crippen LogP contribution is 2.39. The number of nitrogens with zero attached hydrogens (tertiary/aromatic N) is 1. The number of hydrogen-bond acceptors (Lipinski definition) is 7. The number of hydrogen-bond donors (Lipinski definition) is 0. The summed E-state index contributed by atoms with van der Waals surface area (Å²) < 4.78 is 9.87. The van der Waals surface area contributed by atoms with Crippen LogP contribution in [0.15, 0.2) is 53.4 Å². The molecule has 0 aromatic heterocycles. The van der Waals surface area contributed by atoms with Crippen LogP contribution in [0.25, 0.3) is 0 Å². The number of carbonyl (C=O) groups excluding carboxylic acids is 2. The standard InChI is InChI=1S/C19H19NO6S/c1-3-26-19(22)18(27-15-7-5-4-6-8-15)16-12-14(20(23)24)10-9-13(16)11-17(21)25-2/h4-10,12,18H,3,11H2,1-2H3. The van der Waals surface area contributed by atoms with E-state index in [1.54, 1.807) is 6.92 Å². The summed E-state index contributed by atoms with van der Waals surface area (Å²) in [7, 11) is 1.26. The molecule has 0 heterocycles. The molecule has 27 heavy (non-hydrogen) atoms. The van der Waals surface area contributed by atoms with Crippen molar-refractivity contribution in [2.45, 2.75) is 23.5 Å². The van der Waals surface area contributed by atoms with Crippen LogP contribution in [-0.2, 0) is 25.5 Å². The largest absolute Gasteiger partial charge is 0.469 e. The lowest BCUT2D eigenvalue weighted by molar-refractivity contribution is -0.384. The Bertz CT molecular complexity index is 824. The van der Waals surface area contributed by atoms with Crippen LogP contribution in [0.2, 0.25) is 0 Å². The van der Waals surface area contributed by atoms with Crippen LogP contribution in [0.3, 0.4) is 0 Å². The van der Waals surface area contributed by atoms with Crippen LogP contribution >= 0.6 is 11.8 Å². The fourth-order valence-corrected chi connectivity index (χ4v) is 3.52. The number of benzene rings is 2. The maximum Gasteiger partial charge on any atom is 0.323 e. The van der Waals surface area contributed by atoms with Crippen molar-refractivity contribution in [2.24, 2.45) is 0 Å². The van der Waals surface area contributed by atoms with Crippen LogP contribution < -0.4 is 0 Å². The highest BCUT2D eigenvalue weighted by atomic mass is 32.2. The number of ether oxygens (including phenoxy) is 2. The highest BCUT2D eigenvalue weighted by Gasteiger charge is 2.28. The fourth-order valence-electron chi connectivity index (χ4n) is 2.42. The first-order valence-electron chi connectivity index (χ1n) is 8.18. The molecule has 0 aliphatic rings. The highest BCUT2D eigenvalue weighted by molar-refractivity contribution is 8.00. The van der Waals surface area contributed by atoms with Crippen molar-refractivity contribution in [1.82, 2.24) is 0 Å². The van der Waals surface area contributed by atoms with Gasteiger partial charge in [0.25, 0.3) is 5.69 Å². The molecule has 7 nitrogen and oxygen atoms in total. The van der Waals surface area contributed by atoms with Crippen LogP contribution in [0.1, 0.15) is 23.3 Å². The fraction of sp³-hybridized carbons (Fsp3) is 0.263. The van der Waals surface area contributed by atoms with Crippen molar-refractivity contribution >= 4 is 29.4 Å². The minimum Gasteiger partial charge on any atom is -0.469 e. The molecular formula is C19H19NO6S. The lowest BCUT2D eigenvalue weighted by atomic mass is 10.0. The van der Waals surface area contributed by atoms with Gasteiger partial charge in [-0.05, 0) is 30.2 Å². The molecule has 142 valence electrons. The monoisotopic (exact) mass is 389 g/mol. The zero-order valence-corrected chi connectivity index (χ0v) is 15.7. The van der Waals surface area contributed by atoms with E-state index in [1.165, 1.54) is 37.1 Å². The van der Waals surface area contributed by atoms with Crippen molar-refractivity contribution in [3.63, 3.8) is 0 Å². The summed E-state index contributed by atoms with van der Waals surface area (Å²) in [6.45, 7) is 1.86. The van der Waals surface area contributed by atoms with Crippen LogP contribution in [0, 0.1) is 10.1 Å². The summed E-state index contributed by atoms with van der Waals surface area (Å²) in [5, 5.41) is 10.4. The number of esters is 2. The molecule has 1 atom stereocenters. The van der Waals surface area contributed by atoms with Gasteiger partial charge in [-0.3, -0.25) is 19.7 Å². The van der Waals surface area contributed by atoms with E-state index in [1.807, 2.05) is 30.3 Å². The number of thioether (sulfide) groups is 1. The van der Waals surface area contributed by atoms with Gasteiger partial charge in [-0.15, -0.1) is 11.8 Å². The molecule has 8 heteroatoms. The molecule has 0 radical (unpaired) electrons. The van der Waals surface area contributed by atoms with E-state index < -0.39 is 22.1 Å². The maximum absolute atomic E-state index is 12.6. The summed E-state index contributed by atoms with van der Waals surface area (Å²) in [5.41, 5.74) is 0.678. The third-order valence-electron chi connectivity index (χ3n) is 3.68. The second-order valence-corrected chi connectivity index (χ2v) is 6.63. The lowest BCUT2D eigenvalue weighted by Gasteiger charge is -2.18. The normalized spacial score (nSPS) is 11.5. The molecule has 0 saturated heterocycles. The Morgan fingerprint density at radius 2 is 1.89 bits per heavy atom. The van der Waals surface area contributed by atoms with Gasteiger partial charge in [0, 0.05) is 17.0 Å². The van der Waals surface area contributed by atoms with Crippen molar-refractivity contribution in [1.29, 1.82) is 0 Å². The Morgan fingerprint density at radius 3 is 2.48 bits per heavy atom. The van der Waals surface area contributed by atoms with Crippen LogP contribution in [0.5, 0.6) is 0 Å². The van der Waals surface area contributed by atoms with Gasteiger partial charge < -0.3 is 9.47 Å². The third-order valence-corrected chi connectivity index (χ3v) is 4.91. The summed E-state index contributed by atoms with van der Waals surface area (Å²) >= 11 is 1.21. The van der Waals surface area contributed by atoms with Gasteiger partial charge in [0.2, 0.25) is 0 Å². The van der Waals surface area contributed by atoms with E-state index in [0.29, 0.717) is 11.1 Å². The summed E-state index contributed by atoms with van der Waals surface area (Å²) in [6.07, 6.45) is -0.102. The minimum absolute atomic E-state index is 0.102. The molecule has 2 rings (SSSR count). The lowest BCUT2D eigenvalue weighted by Crippen LogP contribution is -2.17. The zero-order chi connectivity index (χ0) is 19.8. The Labute approximate surface area is 160 Å². The molecule has 0 fully saturated rings. The molecule has 0 saturated carbocycles. The molecular weight excluding hydrogens is 370 g/mol. The maximum atomic E-state index is 12.6. The average Bonchev–Trinajstić information content (AvgIpc) is 2.67. The van der Waals surface area contributed by atoms with E-state index in [9.17, 15) is 19.7 Å². The van der Waals surface area contributed by atoms with Gasteiger partial charge in [-0.2, -0.15) is 0 Å². The molecule has 1 unspecified atom stereocenters. The van der Waals surface area contributed by atoms with Crippen LogP contribution in [-0.4, -0.2) is 30.6 Å². The van der Waals surface area contributed by atoms with E-state index in [0.717, 1.165) is 4.90 Å². The number of nitro groups is 1. The van der Waals surface area contributed by atoms with Crippen LogP contribution in [0.4, 0.5) is 5.69 Å². The van der Waals surface area contributed by atoms with Crippen molar-refractivity contribution in [3.8, 4) is 0 Å². The Hall–Kier alpha value is -2.87. The molecule has 2 aromatic carbocycles. The van der Waals surface area contributed by atoms with Gasteiger partial charge in [0.1, 0.15) is 5.25 Å². The topological polar surface area (TPSA) is 95.7 Å². The predicted octanol–water partition coefficient (Wildman–Crippen LogP) is 3.71.